The lowest BCUT2D eigenvalue weighted by Gasteiger charge is -2.37. The molecule has 2 aliphatic carbocycles. The first-order valence-electron chi connectivity index (χ1n) is 11.5. The first-order chi connectivity index (χ1) is 13.6. The van der Waals surface area contributed by atoms with Gasteiger partial charge in [0.05, 0.1) is 5.92 Å². The van der Waals surface area contributed by atoms with Gasteiger partial charge >= 0.3 is 5.97 Å². The fourth-order valence-corrected chi connectivity index (χ4v) is 5.45. The smallest absolute Gasteiger partial charge is 0.314 e. The number of carbonyl (C=O) groups is 1. The van der Waals surface area contributed by atoms with E-state index in [1.807, 2.05) is 18.2 Å². The Labute approximate surface area is 170 Å². The van der Waals surface area contributed by atoms with Crippen molar-refractivity contribution in [1.29, 1.82) is 0 Å². The number of carbonyl (C=O) groups excluding carboxylic acids is 1. The third-order valence-electron chi connectivity index (χ3n) is 7.04. The molecule has 1 atom stereocenters. The number of hydrogen-bond acceptors (Lipinski definition) is 2. The highest BCUT2D eigenvalue weighted by Gasteiger charge is 2.33. The molecule has 2 aliphatic rings. The Morgan fingerprint density at radius 2 is 1.64 bits per heavy atom. The van der Waals surface area contributed by atoms with Crippen LogP contribution in [0.2, 0.25) is 0 Å². The van der Waals surface area contributed by atoms with Crippen molar-refractivity contribution in [3.63, 3.8) is 0 Å². The zero-order valence-corrected chi connectivity index (χ0v) is 17.7. The Morgan fingerprint density at radius 3 is 2.25 bits per heavy atom. The molecular formula is C25H37FO2. The summed E-state index contributed by atoms with van der Waals surface area (Å²) in [7, 11) is 0. The van der Waals surface area contributed by atoms with Crippen molar-refractivity contribution < 1.29 is 13.9 Å². The molecule has 1 aromatic carbocycles. The Morgan fingerprint density at radius 1 is 1.04 bits per heavy atom. The summed E-state index contributed by atoms with van der Waals surface area (Å²) in [5.41, 5.74) is 0.781. The van der Waals surface area contributed by atoms with Crippen LogP contribution in [0.3, 0.4) is 0 Å². The summed E-state index contributed by atoms with van der Waals surface area (Å²) in [6.07, 6.45) is 11.9. The molecule has 28 heavy (non-hydrogen) atoms. The molecule has 2 saturated carbocycles. The summed E-state index contributed by atoms with van der Waals surface area (Å²) in [4.78, 5) is 12.7. The van der Waals surface area contributed by atoms with E-state index in [1.165, 1.54) is 45.4 Å². The van der Waals surface area contributed by atoms with E-state index in [0.29, 0.717) is 5.75 Å². The molecule has 0 N–H and O–H groups in total. The van der Waals surface area contributed by atoms with Crippen LogP contribution >= 0.6 is 0 Å². The Kier molecular flexibility index (Phi) is 7.93. The molecule has 3 heteroatoms. The lowest BCUT2D eigenvalue weighted by atomic mass is 9.69. The topological polar surface area (TPSA) is 26.3 Å². The van der Waals surface area contributed by atoms with Gasteiger partial charge in [-0.2, -0.15) is 0 Å². The van der Waals surface area contributed by atoms with Gasteiger partial charge in [-0.25, -0.2) is 4.39 Å². The van der Waals surface area contributed by atoms with Gasteiger partial charge in [-0.15, -0.1) is 0 Å². The predicted molar refractivity (Wildman–Crippen MR) is 112 cm³/mol. The van der Waals surface area contributed by atoms with Gasteiger partial charge in [-0.3, -0.25) is 4.79 Å². The lowest BCUT2D eigenvalue weighted by Crippen LogP contribution is -2.30. The average molecular weight is 389 g/mol. The number of halogens is 1. The van der Waals surface area contributed by atoms with Crippen LogP contribution in [0.15, 0.2) is 24.3 Å². The molecule has 0 radical (unpaired) electrons. The molecule has 3 rings (SSSR count). The highest BCUT2D eigenvalue weighted by molar-refractivity contribution is 5.75. The van der Waals surface area contributed by atoms with E-state index >= 15 is 0 Å². The fraction of sp³-hybridized carbons (Fsp3) is 0.720. The quantitative estimate of drug-likeness (QED) is 0.375. The summed E-state index contributed by atoms with van der Waals surface area (Å²) in [5.74, 6) is 3.05. The monoisotopic (exact) mass is 388 g/mol. The van der Waals surface area contributed by atoms with Crippen molar-refractivity contribution in [1.82, 2.24) is 0 Å². The van der Waals surface area contributed by atoms with Crippen LogP contribution in [-0.4, -0.2) is 12.1 Å². The number of benzene rings is 1. The molecule has 0 aliphatic heterocycles. The van der Waals surface area contributed by atoms with Gasteiger partial charge in [-0.1, -0.05) is 50.8 Å². The lowest BCUT2D eigenvalue weighted by molar-refractivity contribution is -0.140. The minimum Gasteiger partial charge on any atom is -0.426 e. The van der Waals surface area contributed by atoms with Crippen molar-refractivity contribution in [3.05, 3.63) is 29.8 Å². The number of para-hydroxylation sites is 1. The predicted octanol–water partition coefficient (Wildman–Crippen LogP) is 6.91. The second-order valence-corrected chi connectivity index (χ2v) is 9.19. The zero-order valence-electron chi connectivity index (χ0n) is 17.7. The molecule has 1 unspecified atom stereocenters. The number of alkyl halides is 1. The molecule has 2 fully saturated rings. The minimum atomic E-state index is -0.942. The summed E-state index contributed by atoms with van der Waals surface area (Å²) in [6.45, 7) is 3.83. The van der Waals surface area contributed by atoms with Crippen LogP contribution in [0.4, 0.5) is 4.39 Å². The van der Waals surface area contributed by atoms with Gasteiger partial charge in [-0.05, 0) is 74.8 Å². The zero-order chi connectivity index (χ0) is 19.9. The summed E-state index contributed by atoms with van der Waals surface area (Å²) in [5, 5.41) is 0. The van der Waals surface area contributed by atoms with Crippen molar-refractivity contribution in [2.75, 3.05) is 0 Å². The van der Waals surface area contributed by atoms with E-state index in [1.54, 1.807) is 6.07 Å². The van der Waals surface area contributed by atoms with Crippen molar-refractivity contribution >= 4 is 5.97 Å². The third-order valence-corrected chi connectivity index (χ3v) is 7.04. The maximum atomic E-state index is 13.4. The van der Waals surface area contributed by atoms with Gasteiger partial charge < -0.3 is 4.74 Å². The van der Waals surface area contributed by atoms with Gasteiger partial charge in [0.25, 0.3) is 0 Å². The van der Waals surface area contributed by atoms with Gasteiger partial charge in [0, 0.05) is 6.42 Å². The summed E-state index contributed by atoms with van der Waals surface area (Å²) in [6, 6.07) is 7.36. The van der Waals surface area contributed by atoms with E-state index in [9.17, 15) is 9.18 Å². The van der Waals surface area contributed by atoms with Crippen LogP contribution in [0, 0.1) is 23.7 Å². The maximum absolute atomic E-state index is 13.4. The van der Waals surface area contributed by atoms with Crippen molar-refractivity contribution in [2.24, 2.45) is 23.7 Å². The number of esters is 1. The highest BCUT2D eigenvalue weighted by Crippen LogP contribution is 2.42. The van der Waals surface area contributed by atoms with E-state index in [0.717, 1.165) is 49.0 Å². The Balaban J connectivity index is 1.47. The summed E-state index contributed by atoms with van der Waals surface area (Å²) < 4.78 is 19.1. The Bertz CT molecular complexity index is 611. The largest absolute Gasteiger partial charge is 0.426 e. The first-order valence-corrected chi connectivity index (χ1v) is 11.5. The van der Waals surface area contributed by atoms with Gasteiger partial charge in [0.2, 0.25) is 0 Å². The van der Waals surface area contributed by atoms with Crippen LogP contribution in [0.1, 0.15) is 83.6 Å². The van der Waals surface area contributed by atoms with E-state index in [-0.39, 0.29) is 18.3 Å². The van der Waals surface area contributed by atoms with E-state index in [2.05, 4.69) is 6.92 Å². The second kappa shape index (κ2) is 10.4. The minimum absolute atomic E-state index is 0.00327. The van der Waals surface area contributed by atoms with Crippen molar-refractivity contribution in [3.8, 4) is 5.75 Å². The molecule has 0 aromatic heterocycles. The average Bonchev–Trinajstić information content (AvgIpc) is 2.70. The number of ether oxygens (including phenoxy) is 1. The van der Waals surface area contributed by atoms with Crippen LogP contribution in [0.5, 0.6) is 5.75 Å². The van der Waals surface area contributed by atoms with Crippen LogP contribution in [-0.2, 0) is 11.2 Å². The van der Waals surface area contributed by atoms with Gasteiger partial charge in [0.1, 0.15) is 11.9 Å². The molecule has 0 amide bonds. The number of rotatable bonds is 7. The standard InChI is InChI=1S/C25H37FO2/c1-3-6-19-9-11-20(12-10-19)21-13-15-22(16-14-21)25(27)28-24-8-5-4-7-23(24)17-18(2)26/h4-5,7-8,18-22H,3,6,9-17H2,1-2H3. The fourth-order valence-electron chi connectivity index (χ4n) is 5.45. The van der Waals surface area contributed by atoms with Crippen LogP contribution in [0.25, 0.3) is 0 Å². The summed E-state index contributed by atoms with van der Waals surface area (Å²) >= 11 is 0. The third kappa shape index (κ3) is 5.81. The van der Waals surface area contributed by atoms with Crippen LogP contribution < -0.4 is 4.74 Å². The first kappa shape index (κ1) is 21.3. The highest BCUT2D eigenvalue weighted by atomic mass is 19.1. The van der Waals surface area contributed by atoms with Crippen molar-refractivity contribution in [2.45, 2.75) is 90.6 Å². The molecule has 2 nitrogen and oxygen atoms in total. The molecule has 0 spiro atoms. The molecule has 0 bridgehead atoms. The SMILES string of the molecule is CCCC1CCC(C2CCC(C(=O)Oc3ccccc3CC(C)F)CC2)CC1. The maximum Gasteiger partial charge on any atom is 0.314 e. The molecule has 1 aromatic rings. The molecule has 0 heterocycles. The van der Waals surface area contributed by atoms with E-state index < -0.39 is 6.17 Å². The van der Waals surface area contributed by atoms with E-state index in [4.69, 9.17) is 4.74 Å². The molecule has 0 saturated heterocycles. The van der Waals surface area contributed by atoms with Gasteiger partial charge in [0.15, 0.2) is 0 Å². The molecular weight excluding hydrogens is 351 g/mol. The normalized spacial score (nSPS) is 29.2. The Hall–Kier alpha value is -1.38. The number of hydrogen-bond donors (Lipinski definition) is 0. The molecule has 156 valence electrons. The second-order valence-electron chi connectivity index (χ2n) is 9.19.